The lowest BCUT2D eigenvalue weighted by Gasteiger charge is -2.19. The summed E-state index contributed by atoms with van der Waals surface area (Å²) in [6.45, 7) is 3.68. The Kier molecular flexibility index (Phi) is 3.19. The largest absolute Gasteiger partial charge is 0.482 e. The van der Waals surface area contributed by atoms with E-state index < -0.39 is 0 Å². The van der Waals surface area contributed by atoms with Crippen LogP contribution in [-0.2, 0) is 4.79 Å². The van der Waals surface area contributed by atoms with E-state index in [2.05, 4.69) is 21.2 Å². The summed E-state index contributed by atoms with van der Waals surface area (Å²) < 4.78 is 5.94. The van der Waals surface area contributed by atoms with E-state index >= 15 is 0 Å². The first-order valence-corrected chi connectivity index (χ1v) is 6.08. The van der Waals surface area contributed by atoms with Crippen molar-refractivity contribution in [3.63, 3.8) is 0 Å². The van der Waals surface area contributed by atoms with E-state index in [9.17, 15) is 9.59 Å². The van der Waals surface area contributed by atoms with Crippen molar-refractivity contribution in [2.75, 3.05) is 11.9 Å². The molecular formula is C12H12BrNO3. The van der Waals surface area contributed by atoms with Gasteiger partial charge in [-0.25, -0.2) is 0 Å². The van der Waals surface area contributed by atoms with Gasteiger partial charge in [0.15, 0.2) is 12.4 Å². The number of ether oxygens (including phenoxy) is 1. The third-order valence-electron chi connectivity index (χ3n) is 2.49. The molecule has 0 saturated heterocycles. The number of rotatable bonds is 2. The number of halogens is 1. The number of anilines is 1. The molecule has 0 atom stereocenters. The molecule has 17 heavy (non-hydrogen) atoms. The molecule has 1 heterocycles. The van der Waals surface area contributed by atoms with Crippen LogP contribution >= 0.6 is 15.9 Å². The van der Waals surface area contributed by atoms with E-state index in [-0.39, 0.29) is 24.2 Å². The molecule has 1 N–H and O–H groups in total. The second kappa shape index (κ2) is 4.49. The summed E-state index contributed by atoms with van der Waals surface area (Å²) in [5.74, 6) is 0.312. The van der Waals surface area contributed by atoms with Crippen molar-refractivity contribution < 1.29 is 14.3 Å². The van der Waals surface area contributed by atoms with Gasteiger partial charge in [0.1, 0.15) is 5.75 Å². The second-order valence-electron chi connectivity index (χ2n) is 4.18. The van der Waals surface area contributed by atoms with E-state index in [0.717, 1.165) is 0 Å². The first-order valence-electron chi connectivity index (χ1n) is 5.29. The smallest absolute Gasteiger partial charge is 0.262 e. The third kappa shape index (κ3) is 2.34. The molecule has 5 heteroatoms. The zero-order valence-electron chi connectivity index (χ0n) is 9.54. The fourth-order valence-electron chi connectivity index (χ4n) is 1.60. The highest BCUT2D eigenvalue weighted by molar-refractivity contribution is 9.10. The van der Waals surface area contributed by atoms with Crippen LogP contribution in [0.4, 0.5) is 5.69 Å². The molecule has 0 spiro atoms. The van der Waals surface area contributed by atoms with Crippen molar-refractivity contribution in [2.24, 2.45) is 5.92 Å². The Labute approximate surface area is 107 Å². The summed E-state index contributed by atoms with van der Waals surface area (Å²) in [4.78, 5) is 23.1. The second-order valence-corrected chi connectivity index (χ2v) is 5.04. The van der Waals surface area contributed by atoms with Crippen molar-refractivity contribution >= 4 is 33.3 Å². The van der Waals surface area contributed by atoms with Crippen LogP contribution < -0.4 is 10.1 Å². The fourth-order valence-corrected chi connectivity index (χ4v) is 2.14. The minimum absolute atomic E-state index is 0.00998. The van der Waals surface area contributed by atoms with Gasteiger partial charge in [-0.2, -0.15) is 0 Å². The van der Waals surface area contributed by atoms with Crippen LogP contribution in [0, 0.1) is 5.92 Å². The van der Waals surface area contributed by atoms with Gasteiger partial charge in [0, 0.05) is 16.0 Å². The number of hydrogen-bond donors (Lipinski definition) is 1. The molecule has 1 aliphatic rings. The summed E-state index contributed by atoms with van der Waals surface area (Å²) in [7, 11) is 0. The molecule has 0 fully saturated rings. The van der Waals surface area contributed by atoms with Crippen LogP contribution in [0.3, 0.4) is 0 Å². The molecule has 0 bridgehead atoms. The molecule has 1 aromatic carbocycles. The lowest BCUT2D eigenvalue weighted by atomic mass is 10.0. The van der Waals surface area contributed by atoms with Crippen molar-refractivity contribution in [3.8, 4) is 5.75 Å². The van der Waals surface area contributed by atoms with Crippen molar-refractivity contribution in [3.05, 3.63) is 22.2 Å². The molecule has 0 aliphatic carbocycles. The maximum Gasteiger partial charge on any atom is 0.262 e. The quantitative estimate of drug-likeness (QED) is 0.854. The van der Waals surface area contributed by atoms with Crippen molar-refractivity contribution in [1.82, 2.24) is 0 Å². The predicted octanol–water partition coefficient (Wildman–Crippen LogP) is 2.62. The number of ketones is 1. The lowest BCUT2D eigenvalue weighted by molar-refractivity contribution is -0.118. The van der Waals surface area contributed by atoms with Gasteiger partial charge in [-0.1, -0.05) is 13.8 Å². The number of carbonyl (C=O) groups is 2. The van der Waals surface area contributed by atoms with Gasteiger partial charge in [0.25, 0.3) is 5.91 Å². The standard InChI is InChI=1S/C12H12BrNO3/c1-6(2)12(16)7-3-10-9(4-8(7)13)14-11(15)5-17-10/h3-4,6H,5H2,1-2H3,(H,14,15). The summed E-state index contributed by atoms with van der Waals surface area (Å²) >= 11 is 3.34. The van der Waals surface area contributed by atoms with Gasteiger partial charge in [-0.15, -0.1) is 0 Å². The summed E-state index contributed by atoms with van der Waals surface area (Å²) in [5.41, 5.74) is 1.17. The molecule has 1 aliphatic heterocycles. The molecule has 1 aromatic rings. The van der Waals surface area contributed by atoms with Crippen LogP contribution in [-0.4, -0.2) is 18.3 Å². The maximum atomic E-state index is 11.9. The number of Topliss-reactive ketones (excluding diaryl/α,β-unsaturated/α-hetero) is 1. The van der Waals surface area contributed by atoms with Crippen LogP contribution in [0.15, 0.2) is 16.6 Å². The highest BCUT2D eigenvalue weighted by Crippen LogP contribution is 2.34. The van der Waals surface area contributed by atoms with E-state index in [0.29, 0.717) is 21.5 Å². The molecule has 1 amide bonds. The molecule has 4 nitrogen and oxygen atoms in total. The van der Waals surface area contributed by atoms with E-state index in [4.69, 9.17) is 4.74 Å². The topological polar surface area (TPSA) is 55.4 Å². The highest BCUT2D eigenvalue weighted by atomic mass is 79.9. The first kappa shape index (κ1) is 12.1. The number of carbonyl (C=O) groups excluding carboxylic acids is 2. The monoisotopic (exact) mass is 297 g/mol. The summed E-state index contributed by atoms with van der Waals surface area (Å²) in [5, 5.41) is 2.69. The average molecular weight is 298 g/mol. The molecule has 90 valence electrons. The zero-order chi connectivity index (χ0) is 12.6. The average Bonchev–Trinajstić information content (AvgIpc) is 2.27. The molecule has 0 unspecified atom stereocenters. The van der Waals surface area contributed by atoms with Crippen LogP contribution in [0.25, 0.3) is 0 Å². The Morgan fingerprint density at radius 1 is 1.47 bits per heavy atom. The van der Waals surface area contributed by atoms with Gasteiger partial charge in [0.05, 0.1) is 5.69 Å². The number of amides is 1. The SMILES string of the molecule is CC(C)C(=O)c1cc2c(cc1Br)NC(=O)CO2. The van der Waals surface area contributed by atoms with Gasteiger partial charge in [0.2, 0.25) is 0 Å². The van der Waals surface area contributed by atoms with Crippen molar-refractivity contribution in [2.45, 2.75) is 13.8 Å². The van der Waals surface area contributed by atoms with E-state index in [1.165, 1.54) is 0 Å². The van der Waals surface area contributed by atoms with E-state index in [1.54, 1.807) is 12.1 Å². The van der Waals surface area contributed by atoms with Gasteiger partial charge < -0.3 is 10.1 Å². The lowest BCUT2D eigenvalue weighted by Crippen LogP contribution is -2.25. The third-order valence-corrected chi connectivity index (χ3v) is 3.15. The highest BCUT2D eigenvalue weighted by Gasteiger charge is 2.21. The van der Waals surface area contributed by atoms with Gasteiger partial charge >= 0.3 is 0 Å². The fraction of sp³-hybridized carbons (Fsp3) is 0.333. The summed E-state index contributed by atoms with van der Waals surface area (Å²) in [6.07, 6.45) is 0. The molecule has 0 radical (unpaired) electrons. The minimum Gasteiger partial charge on any atom is -0.482 e. The Balaban J connectivity index is 2.44. The molecule has 2 rings (SSSR count). The Bertz CT molecular complexity index is 497. The number of hydrogen-bond acceptors (Lipinski definition) is 3. The Morgan fingerprint density at radius 2 is 2.18 bits per heavy atom. The predicted molar refractivity (Wildman–Crippen MR) is 67.4 cm³/mol. The van der Waals surface area contributed by atoms with Gasteiger partial charge in [-0.3, -0.25) is 9.59 Å². The van der Waals surface area contributed by atoms with Gasteiger partial charge in [-0.05, 0) is 28.1 Å². The van der Waals surface area contributed by atoms with Crippen LogP contribution in [0.2, 0.25) is 0 Å². The van der Waals surface area contributed by atoms with Crippen molar-refractivity contribution in [1.29, 1.82) is 0 Å². The molecule has 0 aromatic heterocycles. The molecular weight excluding hydrogens is 286 g/mol. The summed E-state index contributed by atoms with van der Waals surface area (Å²) in [6, 6.07) is 3.36. The number of fused-ring (bicyclic) bond motifs is 1. The van der Waals surface area contributed by atoms with Crippen LogP contribution in [0.5, 0.6) is 5.75 Å². The first-order chi connectivity index (χ1) is 7.99. The van der Waals surface area contributed by atoms with E-state index in [1.807, 2.05) is 13.8 Å². The Morgan fingerprint density at radius 3 is 2.82 bits per heavy atom. The number of benzene rings is 1. The Hall–Kier alpha value is -1.36. The van der Waals surface area contributed by atoms with Crippen LogP contribution in [0.1, 0.15) is 24.2 Å². The minimum atomic E-state index is -0.188. The normalized spacial score (nSPS) is 14.0. The zero-order valence-corrected chi connectivity index (χ0v) is 11.1. The number of nitrogens with one attached hydrogen (secondary N) is 1. The molecule has 0 saturated carbocycles. The maximum absolute atomic E-state index is 11.9.